The Labute approximate surface area is 82.9 Å². The first kappa shape index (κ1) is 10.7. The number of hydrogen-bond donors (Lipinski definition) is 0. The molecule has 0 fully saturated rings. The Bertz CT molecular complexity index is 312. The molecule has 76 valence electrons. The van der Waals surface area contributed by atoms with Crippen molar-refractivity contribution in [1.82, 2.24) is 4.98 Å². The van der Waals surface area contributed by atoms with Gasteiger partial charge in [-0.3, -0.25) is 9.78 Å². The van der Waals surface area contributed by atoms with Crippen LogP contribution in [0.3, 0.4) is 0 Å². The molecule has 0 saturated carbocycles. The van der Waals surface area contributed by atoms with E-state index in [2.05, 4.69) is 4.98 Å². The summed E-state index contributed by atoms with van der Waals surface area (Å²) in [6, 6.07) is 3.33. The van der Waals surface area contributed by atoms with Gasteiger partial charge in [0.15, 0.2) is 5.78 Å². The summed E-state index contributed by atoms with van der Waals surface area (Å²) in [7, 11) is 1.61. The number of pyridine rings is 1. The summed E-state index contributed by atoms with van der Waals surface area (Å²) in [4.78, 5) is 14.9. The molecule has 1 aromatic rings. The second-order valence-electron chi connectivity index (χ2n) is 2.77. The zero-order valence-electron chi connectivity index (χ0n) is 8.32. The lowest BCUT2D eigenvalue weighted by Crippen LogP contribution is -2.05. The first-order chi connectivity index (χ1) is 6.74. The quantitative estimate of drug-likeness (QED) is 0.525. The maximum atomic E-state index is 11.0. The molecule has 0 amide bonds. The van der Waals surface area contributed by atoms with E-state index in [-0.39, 0.29) is 5.78 Å². The molecule has 0 N–H and O–H groups in total. The van der Waals surface area contributed by atoms with Crippen molar-refractivity contribution in [2.24, 2.45) is 0 Å². The fourth-order valence-corrected chi connectivity index (χ4v) is 0.936. The van der Waals surface area contributed by atoms with Crippen LogP contribution in [-0.2, 0) is 4.74 Å². The van der Waals surface area contributed by atoms with Crippen molar-refractivity contribution in [2.75, 3.05) is 20.3 Å². The Morgan fingerprint density at radius 1 is 1.50 bits per heavy atom. The average Bonchev–Trinajstić information content (AvgIpc) is 2.19. The molecule has 1 heterocycles. The minimum Gasteiger partial charge on any atom is -0.491 e. The zero-order chi connectivity index (χ0) is 10.4. The maximum Gasteiger partial charge on any atom is 0.178 e. The van der Waals surface area contributed by atoms with Crippen molar-refractivity contribution in [1.29, 1.82) is 0 Å². The minimum atomic E-state index is -0.0674. The van der Waals surface area contributed by atoms with Gasteiger partial charge in [0.1, 0.15) is 18.1 Å². The van der Waals surface area contributed by atoms with Crippen molar-refractivity contribution in [3.63, 3.8) is 0 Å². The summed E-state index contributed by atoms with van der Waals surface area (Å²) in [5, 5.41) is 0. The van der Waals surface area contributed by atoms with Gasteiger partial charge in [0, 0.05) is 26.3 Å². The summed E-state index contributed by atoms with van der Waals surface area (Å²) in [5.41, 5.74) is 0.417. The first-order valence-electron chi connectivity index (χ1n) is 4.33. The lowest BCUT2D eigenvalue weighted by molar-refractivity contribution is 0.101. The van der Waals surface area contributed by atoms with E-state index in [0.717, 1.165) is 0 Å². The molecule has 0 bridgehead atoms. The van der Waals surface area contributed by atoms with Crippen molar-refractivity contribution in [3.8, 4) is 5.75 Å². The number of nitrogens with zero attached hydrogens (tertiary/aromatic N) is 1. The Balaban J connectivity index is 2.59. The summed E-state index contributed by atoms with van der Waals surface area (Å²) < 4.78 is 10.2. The average molecular weight is 195 g/mol. The molecule has 4 nitrogen and oxygen atoms in total. The third-order valence-electron chi connectivity index (χ3n) is 1.65. The highest BCUT2D eigenvalue weighted by Gasteiger charge is 2.02. The molecule has 1 rings (SSSR count). The van der Waals surface area contributed by atoms with Gasteiger partial charge in [-0.2, -0.15) is 0 Å². The molecule has 0 aliphatic heterocycles. The highest BCUT2D eigenvalue weighted by molar-refractivity contribution is 5.92. The Kier molecular flexibility index (Phi) is 4.07. The third kappa shape index (κ3) is 3.14. The molecular formula is C10H13NO3. The summed E-state index contributed by atoms with van der Waals surface area (Å²) in [6.45, 7) is 2.47. The number of ether oxygens (including phenoxy) is 2. The summed E-state index contributed by atoms with van der Waals surface area (Å²) >= 11 is 0. The molecule has 0 saturated heterocycles. The molecule has 4 heteroatoms. The van der Waals surface area contributed by atoms with Crippen molar-refractivity contribution in [3.05, 3.63) is 24.0 Å². The van der Waals surface area contributed by atoms with Gasteiger partial charge < -0.3 is 9.47 Å². The van der Waals surface area contributed by atoms with E-state index in [4.69, 9.17) is 9.47 Å². The van der Waals surface area contributed by atoms with Crippen LogP contribution < -0.4 is 4.74 Å². The topological polar surface area (TPSA) is 48.4 Å². The molecule has 0 aromatic carbocycles. The number of aromatic nitrogens is 1. The highest BCUT2D eigenvalue weighted by Crippen LogP contribution is 2.10. The number of hydrogen-bond acceptors (Lipinski definition) is 4. The van der Waals surface area contributed by atoms with E-state index in [1.54, 1.807) is 25.4 Å². The second-order valence-corrected chi connectivity index (χ2v) is 2.77. The van der Waals surface area contributed by atoms with Gasteiger partial charge in [-0.25, -0.2) is 0 Å². The smallest absolute Gasteiger partial charge is 0.178 e. The van der Waals surface area contributed by atoms with E-state index in [0.29, 0.717) is 24.7 Å². The number of Topliss-reactive ketones (excluding diaryl/α,β-unsaturated/α-hetero) is 1. The standard InChI is InChI=1S/C10H13NO3/c1-8(12)10-7-9(3-4-11-10)14-6-5-13-2/h3-4,7H,5-6H2,1-2H3. The molecule has 0 aliphatic rings. The van der Waals surface area contributed by atoms with Crippen LogP contribution in [0, 0.1) is 0 Å². The summed E-state index contributed by atoms with van der Waals surface area (Å²) in [5.74, 6) is 0.574. The zero-order valence-corrected chi connectivity index (χ0v) is 8.32. The van der Waals surface area contributed by atoms with Gasteiger partial charge in [-0.1, -0.05) is 0 Å². The highest BCUT2D eigenvalue weighted by atomic mass is 16.5. The molecule has 0 unspecified atom stereocenters. The van der Waals surface area contributed by atoms with Gasteiger partial charge in [0.2, 0.25) is 0 Å². The number of methoxy groups -OCH3 is 1. The molecule has 0 spiro atoms. The van der Waals surface area contributed by atoms with Crippen LogP contribution in [0.2, 0.25) is 0 Å². The van der Waals surface area contributed by atoms with Crippen LogP contribution in [-0.4, -0.2) is 31.1 Å². The Morgan fingerprint density at radius 3 is 2.93 bits per heavy atom. The van der Waals surface area contributed by atoms with Crippen LogP contribution in [0.4, 0.5) is 0 Å². The fraction of sp³-hybridized carbons (Fsp3) is 0.400. The SMILES string of the molecule is COCCOc1ccnc(C(C)=O)c1. The Morgan fingerprint density at radius 2 is 2.29 bits per heavy atom. The number of rotatable bonds is 5. The predicted octanol–water partition coefficient (Wildman–Crippen LogP) is 1.31. The van der Waals surface area contributed by atoms with Crippen LogP contribution in [0.5, 0.6) is 5.75 Å². The van der Waals surface area contributed by atoms with Crippen molar-refractivity contribution >= 4 is 5.78 Å². The normalized spacial score (nSPS) is 9.86. The van der Waals surface area contributed by atoms with Crippen molar-refractivity contribution < 1.29 is 14.3 Å². The monoisotopic (exact) mass is 195 g/mol. The molecular weight excluding hydrogens is 182 g/mol. The molecule has 0 radical (unpaired) electrons. The molecule has 14 heavy (non-hydrogen) atoms. The van der Waals surface area contributed by atoms with E-state index in [1.807, 2.05) is 0 Å². The van der Waals surface area contributed by atoms with Gasteiger partial charge in [0.05, 0.1) is 6.61 Å². The number of carbonyl (C=O) groups excluding carboxylic acids is 1. The summed E-state index contributed by atoms with van der Waals surface area (Å²) in [6.07, 6.45) is 1.55. The maximum absolute atomic E-state index is 11.0. The Hall–Kier alpha value is -1.42. The van der Waals surface area contributed by atoms with Crippen LogP contribution in [0.15, 0.2) is 18.3 Å². The lowest BCUT2D eigenvalue weighted by atomic mass is 10.3. The molecule has 0 aliphatic carbocycles. The van der Waals surface area contributed by atoms with E-state index in [9.17, 15) is 4.79 Å². The largest absolute Gasteiger partial charge is 0.491 e. The number of carbonyl (C=O) groups is 1. The number of ketones is 1. The van der Waals surface area contributed by atoms with Gasteiger partial charge in [-0.05, 0) is 6.07 Å². The lowest BCUT2D eigenvalue weighted by Gasteiger charge is -2.05. The van der Waals surface area contributed by atoms with Crippen LogP contribution >= 0.6 is 0 Å². The van der Waals surface area contributed by atoms with E-state index < -0.39 is 0 Å². The molecule has 1 aromatic heterocycles. The van der Waals surface area contributed by atoms with Crippen LogP contribution in [0.25, 0.3) is 0 Å². The molecule has 0 atom stereocenters. The predicted molar refractivity (Wildman–Crippen MR) is 51.6 cm³/mol. The minimum absolute atomic E-state index is 0.0674. The van der Waals surface area contributed by atoms with Gasteiger partial charge in [0.25, 0.3) is 0 Å². The van der Waals surface area contributed by atoms with E-state index in [1.165, 1.54) is 6.92 Å². The fourth-order valence-electron chi connectivity index (χ4n) is 0.936. The van der Waals surface area contributed by atoms with Crippen molar-refractivity contribution in [2.45, 2.75) is 6.92 Å². The first-order valence-corrected chi connectivity index (χ1v) is 4.33. The van der Waals surface area contributed by atoms with Gasteiger partial charge in [-0.15, -0.1) is 0 Å². The third-order valence-corrected chi connectivity index (χ3v) is 1.65. The second kappa shape index (κ2) is 5.34. The van der Waals surface area contributed by atoms with Crippen LogP contribution in [0.1, 0.15) is 17.4 Å². The van der Waals surface area contributed by atoms with E-state index >= 15 is 0 Å². The van der Waals surface area contributed by atoms with Gasteiger partial charge >= 0.3 is 0 Å².